The molecule has 1 N–H and O–H groups in total. The van der Waals surface area contributed by atoms with Crippen molar-refractivity contribution in [1.82, 2.24) is 5.32 Å². The lowest BCUT2D eigenvalue weighted by Crippen LogP contribution is -2.46. The van der Waals surface area contributed by atoms with E-state index < -0.39 is 24.2 Å². The molecule has 0 amide bonds. The molecule has 1 atom stereocenters. The van der Waals surface area contributed by atoms with Crippen LogP contribution in [0.5, 0.6) is 0 Å². The number of carbonyl (C=O) groups excluding carboxylic acids is 1. The molecular weight excluding hydrogens is 222 g/mol. The van der Waals surface area contributed by atoms with Crippen molar-refractivity contribution in [3.05, 3.63) is 34.9 Å². The Kier molecular flexibility index (Phi) is 2.57. The van der Waals surface area contributed by atoms with E-state index in [2.05, 4.69) is 5.32 Å². The van der Waals surface area contributed by atoms with Gasteiger partial charge in [0.05, 0.1) is 7.39 Å². The smallest absolute Gasteiger partial charge is 0.179 e. The summed E-state index contributed by atoms with van der Waals surface area (Å²) in [7, 11) is 0. The first-order valence-electron chi connectivity index (χ1n) is 6.96. The van der Waals surface area contributed by atoms with E-state index in [4.69, 9.17) is 17.1 Å². The number of Topliss-reactive ketones (excluding diaryl/α,β-unsaturated/α-hetero) is 1. The van der Waals surface area contributed by atoms with E-state index in [0.717, 1.165) is 0 Å². The zero-order valence-corrected chi connectivity index (χ0v) is 10.4. The maximum absolute atomic E-state index is 12.5. The standard InChI is InChI=1S/C13H18ClNO/c1-9(15-13(2,3)4)12(16)10-6-5-7-11(14)8-10/h5-9,15H,1-4H3/t9-/m1/s1/i1D3,9D. The molecule has 0 radical (unpaired) electrons. The summed E-state index contributed by atoms with van der Waals surface area (Å²) in [4.78, 5) is 12.5. The van der Waals surface area contributed by atoms with Gasteiger partial charge in [-0.3, -0.25) is 4.79 Å². The van der Waals surface area contributed by atoms with E-state index in [0.29, 0.717) is 5.02 Å². The lowest BCUT2D eigenvalue weighted by molar-refractivity contribution is 0.0936. The van der Waals surface area contributed by atoms with Crippen LogP contribution in [0.25, 0.3) is 0 Å². The number of benzene rings is 1. The largest absolute Gasteiger partial charge is 0.303 e. The van der Waals surface area contributed by atoms with Crippen molar-refractivity contribution >= 4 is 17.4 Å². The van der Waals surface area contributed by atoms with Crippen LogP contribution < -0.4 is 5.32 Å². The van der Waals surface area contributed by atoms with Crippen LogP contribution in [0.1, 0.15) is 43.5 Å². The summed E-state index contributed by atoms with van der Waals surface area (Å²) < 4.78 is 30.8. The first-order chi connectivity index (χ1) is 8.87. The van der Waals surface area contributed by atoms with Crippen LogP contribution in [0.4, 0.5) is 0 Å². The molecule has 0 spiro atoms. The second-order valence-corrected chi connectivity index (χ2v) is 5.03. The molecule has 0 bridgehead atoms. The molecular formula is C13H18ClNO. The van der Waals surface area contributed by atoms with E-state index in [-0.39, 0.29) is 5.56 Å². The molecule has 3 heteroatoms. The van der Waals surface area contributed by atoms with E-state index in [1.807, 2.05) is 0 Å². The molecule has 88 valence electrons. The Morgan fingerprint density at radius 2 is 2.25 bits per heavy atom. The Hall–Kier alpha value is -0.860. The topological polar surface area (TPSA) is 29.1 Å². The molecule has 2 nitrogen and oxygen atoms in total. The van der Waals surface area contributed by atoms with Crippen LogP contribution >= 0.6 is 11.6 Å². The first kappa shape index (κ1) is 8.26. The fourth-order valence-corrected chi connectivity index (χ4v) is 1.40. The van der Waals surface area contributed by atoms with Crippen LogP contribution in [0.2, 0.25) is 5.02 Å². The number of nitrogens with one attached hydrogen (secondary N) is 1. The quantitative estimate of drug-likeness (QED) is 0.826. The minimum Gasteiger partial charge on any atom is -0.303 e. The lowest BCUT2D eigenvalue weighted by Gasteiger charge is -2.25. The number of hydrogen-bond acceptors (Lipinski definition) is 2. The SMILES string of the molecule is [2H]C([2H])([2H])[C@@]([2H])(NC(C)(C)C)C(=O)c1cccc(Cl)c1. The molecule has 0 saturated carbocycles. The Balaban J connectivity index is 3.28. The number of carbonyl (C=O) groups is 1. The Morgan fingerprint density at radius 1 is 1.56 bits per heavy atom. The minimum absolute atomic E-state index is 0.0976. The van der Waals surface area contributed by atoms with Crippen LogP contribution in [0.15, 0.2) is 24.3 Å². The minimum atomic E-state index is -2.81. The summed E-state index contributed by atoms with van der Waals surface area (Å²) in [6, 6.07) is 3.52. The van der Waals surface area contributed by atoms with Gasteiger partial charge < -0.3 is 5.32 Å². The van der Waals surface area contributed by atoms with Crippen molar-refractivity contribution < 1.29 is 10.3 Å². The predicted octanol–water partition coefficient (Wildman–Crippen LogP) is 3.30. The number of halogens is 1. The molecule has 0 aliphatic heterocycles. The van der Waals surface area contributed by atoms with Crippen LogP contribution in [-0.2, 0) is 0 Å². The van der Waals surface area contributed by atoms with Crippen LogP contribution in [-0.4, -0.2) is 17.3 Å². The van der Waals surface area contributed by atoms with Gasteiger partial charge in [-0.25, -0.2) is 0 Å². The fourth-order valence-electron chi connectivity index (χ4n) is 1.21. The van der Waals surface area contributed by atoms with Crippen LogP contribution in [0.3, 0.4) is 0 Å². The van der Waals surface area contributed by atoms with Gasteiger partial charge >= 0.3 is 0 Å². The highest BCUT2D eigenvalue weighted by Crippen LogP contribution is 2.13. The normalized spacial score (nSPS) is 20.0. The maximum Gasteiger partial charge on any atom is 0.179 e. The van der Waals surface area contributed by atoms with Gasteiger partial charge in [0.1, 0.15) is 0 Å². The van der Waals surface area contributed by atoms with Crippen molar-refractivity contribution in [1.29, 1.82) is 0 Å². The third kappa shape index (κ3) is 3.95. The number of ketones is 1. The van der Waals surface area contributed by atoms with Crippen molar-refractivity contribution in [3.63, 3.8) is 0 Å². The highest BCUT2D eigenvalue weighted by molar-refractivity contribution is 6.31. The molecule has 0 aromatic heterocycles. The summed E-state index contributed by atoms with van der Waals surface area (Å²) >= 11 is 5.81. The van der Waals surface area contributed by atoms with Crippen LogP contribution in [0, 0.1) is 0 Å². The predicted molar refractivity (Wildman–Crippen MR) is 68.1 cm³/mol. The summed E-state index contributed by atoms with van der Waals surface area (Å²) in [5.41, 5.74) is -0.606. The molecule has 1 aromatic carbocycles. The third-order valence-electron chi connectivity index (χ3n) is 1.81. The van der Waals surface area contributed by atoms with Gasteiger partial charge in [0, 0.05) is 20.2 Å². The molecule has 0 aliphatic carbocycles. The van der Waals surface area contributed by atoms with Gasteiger partial charge in [0.2, 0.25) is 0 Å². The molecule has 0 fully saturated rings. The molecule has 0 heterocycles. The van der Waals surface area contributed by atoms with E-state index >= 15 is 0 Å². The second kappa shape index (κ2) is 4.98. The first-order valence-corrected chi connectivity index (χ1v) is 5.34. The Morgan fingerprint density at radius 3 is 2.75 bits per heavy atom. The molecule has 16 heavy (non-hydrogen) atoms. The highest BCUT2D eigenvalue weighted by Gasteiger charge is 2.20. The Bertz CT molecular complexity index is 510. The van der Waals surface area contributed by atoms with Gasteiger partial charge in [0.15, 0.2) is 5.78 Å². The van der Waals surface area contributed by atoms with Crippen molar-refractivity contribution in [2.45, 2.75) is 39.2 Å². The number of rotatable bonds is 3. The third-order valence-corrected chi connectivity index (χ3v) is 2.05. The van der Waals surface area contributed by atoms with Gasteiger partial charge in [-0.1, -0.05) is 23.7 Å². The number of hydrogen-bond donors (Lipinski definition) is 1. The van der Waals surface area contributed by atoms with E-state index in [9.17, 15) is 4.79 Å². The van der Waals surface area contributed by atoms with Gasteiger partial charge in [-0.05, 0) is 39.8 Å². The van der Waals surface area contributed by atoms with Gasteiger partial charge in [0.25, 0.3) is 0 Å². The van der Waals surface area contributed by atoms with Gasteiger partial charge in [-0.2, -0.15) is 0 Å². The van der Waals surface area contributed by atoms with E-state index in [1.165, 1.54) is 12.1 Å². The summed E-state index contributed by atoms with van der Waals surface area (Å²) in [5.74, 6) is -0.824. The zero-order valence-electron chi connectivity index (χ0n) is 13.6. The molecule has 1 aromatic rings. The van der Waals surface area contributed by atoms with Crippen molar-refractivity contribution in [2.24, 2.45) is 0 Å². The zero-order chi connectivity index (χ0) is 15.8. The molecule has 1 rings (SSSR count). The molecule has 0 saturated heterocycles. The van der Waals surface area contributed by atoms with Crippen molar-refractivity contribution in [3.8, 4) is 0 Å². The fraction of sp³-hybridized carbons (Fsp3) is 0.462. The lowest BCUT2D eigenvalue weighted by atomic mass is 10.0. The highest BCUT2D eigenvalue weighted by atomic mass is 35.5. The monoisotopic (exact) mass is 243 g/mol. The summed E-state index contributed by atoms with van der Waals surface area (Å²) in [5, 5.41) is 2.92. The van der Waals surface area contributed by atoms with E-state index in [1.54, 1.807) is 32.9 Å². The average molecular weight is 244 g/mol. The second-order valence-electron chi connectivity index (χ2n) is 4.59. The summed E-state index contributed by atoms with van der Waals surface area (Å²) in [6.07, 6.45) is 0. The molecule has 0 aliphatic rings. The average Bonchev–Trinajstić information content (AvgIpc) is 2.24. The summed E-state index contributed by atoms with van der Waals surface area (Å²) in [6.45, 7) is 2.30. The maximum atomic E-state index is 12.5. The Labute approximate surface area is 108 Å². The molecule has 0 unspecified atom stereocenters. The van der Waals surface area contributed by atoms with Gasteiger partial charge in [-0.15, -0.1) is 0 Å². The van der Waals surface area contributed by atoms with Crippen molar-refractivity contribution in [2.75, 3.05) is 0 Å².